The van der Waals surface area contributed by atoms with E-state index in [0.717, 1.165) is 62.7 Å². The molecular weight excluding hydrogens is 721 g/mol. The fourth-order valence-electron chi connectivity index (χ4n) is 11.4. The number of thiazole rings is 2. The number of carbonyl (C=O) groups is 2. The van der Waals surface area contributed by atoms with Gasteiger partial charge in [-0.2, -0.15) is 0 Å². The maximum atomic E-state index is 13.5. The summed E-state index contributed by atoms with van der Waals surface area (Å²) in [5, 5.41) is 12.4. The highest BCUT2D eigenvalue weighted by atomic mass is 32.1. The van der Waals surface area contributed by atoms with E-state index < -0.39 is 11.9 Å². The molecule has 6 atom stereocenters. The summed E-state index contributed by atoms with van der Waals surface area (Å²) in [5.41, 5.74) is 4.59. The second kappa shape index (κ2) is 13.9. The molecule has 54 heavy (non-hydrogen) atoms. The Hall–Kier alpha value is -4.10. The average molecular weight is 765 g/mol. The van der Waals surface area contributed by atoms with E-state index in [-0.39, 0.29) is 10.8 Å². The zero-order valence-electron chi connectivity index (χ0n) is 30.1. The Morgan fingerprint density at radius 3 is 1.59 bits per heavy atom. The van der Waals surface area contributed by atoms with Crippen LogP contribution in [0.5, 0.6) is 33.4 Å². The standard InChI is InChI=1S/C42H44N4O6S2/c47-37(51-35-21-25(49-39-45-15-17-53-39)19-31-27(35)23-33-29-5-1-3-9-41(29,31)11-13-43-33)7-8-38(48)52-36-22-26(50-40-46-16-18-54-40)20-32-28(36)24-34-30-6-2-4-10-42(30,32)12-14-44-34/h7-8,15-22,29-30,33-34,43-44H,1-6,9-14,23-24H2/b8-7-/t29-,30-,33+,34+,41+,42+/m0/s1. The van der Waals surface area contributed by atoms with Crippen LogP contribution in [-0.4, -0.2) is 47.1 Å². The minimum Gasteiger partial charge on any atom is -0.431 e. The molecule has 2 aliphatic heterocycles. The molecule has 12 heteroatoms. The van der Waals surface area contributed by atoms with E-state index >= 15 is 0 Å². The van der Waals surface area contributed by atoms with E-state index in [2.05, 4.69) is 32.7 Å². The van der Waals surface area contributed by atoms with Crippen molar-refractivity contribution in [3.05, 3.63) is 81.8 Å². The minimum atomic E-state index is -0.646. The first kappa shape index (κ1) is 34.4. The fraction of sp³-hybridized carbons (Fsp3) is 0.476. The number of piperidine rings is 2. The number of benzene rings is 2. The molecule has 4 fully saturated rings. The third-order valence-corrected chi connectivity index (χ3v) is 14.7. The number of ether oxygens (including phenoxy) is 4. The summed E-state index contributed by atoms with van der Waals surface area (Å²) < 4.78 is 24.6. The maximum absolute atomic E-state index is 13.5. The molecular formula is C42H44N4O6S2. The summed E-state index contributed by atoms with van der Waals surface area (Å²) in [6.45, 7) is 1.94. The molecule has 0 unspecified atom stereocenters. The number of nitrogens with zero attached hydrogens (tertiary/aromatic N) is 2. The zero-order valence-corrected chi connectivity index (χ0v) is 31.8. The maximum Gasteiger partial charge on any atom is 0.336 e. The van der Waals surface area contributed by atoms with Gasteiger partial charge in [-0.1, -0.05) is 48.4 Å². The van der Waals surface area contributed by atoms with Gasteiger partial charge >= 0.3 is 11.9 Å². The number of hydrogen-bond acceptors (Lipinski definition) is 12. The molecule has 2 saturated carbocycles. The molecule has 4 aliphatic carbocycles. The van der Waals surface area contributed by atoms with Crippen LogP contribution in [0, 0.1) is 11.8 Å². The van der Waals surface area contributed by atoms with E-state index in [0.29, 0.717) is 57.3 Å². The highest BCUT2D eigenvalue weighted by Crippen LogP contribution is 2.58. The van der Waals surface area contributed by atoms with E-state index in [1.165, 1.54) is 84.5 Å². The Morgan fingerprint density at radius 1 is 0.667 bits per heavy atom. The number of carbonyl (C=O) groups excluding carboxylic acids is 2. The predicted octanol–water partition coefficient (Wildman–Crippen LogP) is 7.94. The summed E-state index contributed by atoms with van der Waals surface area (Å²) in [6.07, 6.45) is 18.8. The number of fused-ring (bicyclic) bond motifs is 2. The molecule has 0 amide bonds. The predicted molar refractivity (Wildman–Crippen MR) is 205 cm³/mol. The van der Waals surface area contributed by atoms with Crippen molar-refractivity contribution in [3.8, 4) is 33.4 Å². The van der Waals surface area contributed by atoms with Crippen LogP contribution in [0.4, 0.5) is 0 Å². The lowest BCUT2D eigenvalue weighted by atomic mass is 9.52. The molecule has 10 rings (SSSR count). The first-order chi connectivity index (χ1) is 26.5. The van der Waals surface area contributed by atoms with Gasteiger partial charge in [0.05, 0.1) is 0 Å². The van der Waals surface area contributed by atoms with Gasteiger partial charge in [0.15, 0.2) is 0 Å². The van der Waals surface area contributed by atoms with Crippen LogP contribution < -0.4 is 29.6 Å². The second-order valence-electron chi connectivity index (χ2n) is 15.9. The molecule has 2 N–H and O–H groups in total. The van der Waals surface area contributed by atoms with E-state index in [1.54, 1.807) is 24.5 Å². The molecule has 10 nitrogen and oxygen atoms in total. The number of hydrogen-bond donors (Lipinski definition) is 2. The van der Waals surface area contributed by atoms with Gasteiger partial charge in [-0.15, -0.1) is 0 Å². The first-order valence-corrected chi connectivity index (χ1v) is 21.3. The Balaban J connectivity index is 0.936. The lowest BCUT2D eigenvalue weighted by Gasteiger charge is -2.56. The van der Waals surface area contributed by atoms with Gasteiger partial charge in [-0.05, 0) is 99.6 Å². The van der Waals surface area contributed by atoms with Crippen molar-refractivity contribution in [2.45, 2.75) is 100.0 Å². The van der Waals surface area contributed by atoms with Crippen LogP contribution in [0.2, 0.25) is 0 Å². The minimum absolute atomic E-state index is 0.0208. The summed E-state index contributed by atoms with van der Waals surface area (Å²) in [7, 11) is 0. The monoisotopic (exact) mass is 764 g/mol. The lowest BCUT2D eigenvalue weighted by Crippen LogP contribution is -2.59. The van der Waals surface area contributed by atoms with Crippen LogP contribution in [0.15, 0.2) is 59.6 Å². The Morgan fingerprint density at radius 2 is 1.15 bits per heavy atom. The molecule has 2 aromatic heterocycles. The van der Waals surface area contributed by atoms with Crippen LogP contribution in [0.25, 0.3) is 0 Å². The summed E-state index contributed by atoms with van der Waals surface area (Å²) in [5.74, 6) is 1.94. The SMILES string of the molecule is O=C(/C=C\C(=O)Oc1cc(Oc2nccs2)cc2c1C[C@H]1NCC[C@@]23CCCC[C@@H]13)Oc1cc(Oc2nccs2)cc2c1C[C@H]1NCC[C@@]23CCCC[C@@H]13. The molecule has 0 spiro atoms. The van der Waals surface area contributed by atoms with Gasteiger partial charge < -0.3 is 29.6 Å². The smallest absolute Gasteiger partial charge is 0.336 e. The van der Waals surface area contributed by atoms with Crippen molar-refractivity contribution >= 4 is 34.6 Å². The summed E-state index contributed by atoms with van der Waals surface area (Å²) in [6, 6.07) is 8.57. The van der Waals surface area contributed by atoms with Gasteiger partial charge in [0.2, 0.25) is 0 Å². The van der Waals surface area contributed by atoms with Crippen molar-refractivity contribution in [2.75, 3.05) is 13.1 Å². The number of rotatable bonds is 8. The summed E-state index contributed by atoms with van der Waals surface area (Å²) in [4.78, 5) is 35.7. The normalized spacial score (nSPS) is 29.3. The first-order valence-electron chi connectivity index (χ1n) is 19.6. The number of esters is 2. The average Bonchev–Trinajstić information content (AvgIpc) is 3.90. The molecule has 2 aromatic carbocycles. The quantitative estimate of drug-likeness (QED) is 0.104. The topological polar surface area (TPSA) is 121 Å². The second-order valence-corrected chi connectivity index (χ2v) is 17.6. The molecule has 6 aliphatic rings. The largest absolute Gasteiger partial charge is 0.431 e. The molecule has 4 heterocycles. The van der Waals surface area contributed by atoms with Crippen LogP contribution in [0.1, 0.15) is 86.5 Å². The Bertz CT molecular complexity index is 1950. The van der Waals surface area contributed by atoms with Crippen molar-refractivity contribution in [2.24, 2.45) is 11.8 Å². The van der Waals surface area contributed by atoms with Crippen molar-refractivity contribution in [3.63, 3.8) is 0 Å². The third-order valence-electron chi connectivity index (χ3n) is 13.4. The van der Waals surface area contributed by atoms with Gasteiger partial charge in [0.1, 0.15) is 23.0 Å². The molecule has 0 radical (unpaired) electrons. The van der Waals surface area contributed by atoms with Crippen LogP contribution in [-0.2, 0) is 33.3 Å². The van der Waals surface area contributed by atoms with Gasteiger partial charge in [0.25, 0.3) is 10.4 Å². The van der Waals surface area contributed by atoms with Gasteiger partial charge in [-0.25, -0.2) is 19.6 Å². The molecule has 4 bridgehead atoms. The van der Waals surface area contributed by atoms with Crippen molar-refractivity contribution in [1.29, 1.82) is 0 Å². The summed E-state index contributed by atoms with van der Waals surface area (Å²) >= 11 is 2.84. The Kier molecular flexibility index (Phi) is 8.84. The van der Waals surface area contributed by atoms with E-state index in [4.69, 9.17) is 18.9 Å². The third kappa shape index (κ3) is 5.97. The van der Waals surface area contributed by atoms with Crippen LogP contribution >= 0.6 is 22.7 Å². The number of aromatic nitrogens is 2. The van der Waals surface area contributed by atoms with Crippen molar-refractivity contribution < 1.29 is 28.5 Å². The van der Waals surface area contributed by atoms with Gasteiger partial charge in [-0.3, -0.25) is 0 Å². The molecule has 2 saturated heterocycles. The van der Waals surface area contributed by atoms with Crippen molar-refractivity contribution in [1.82, 2.24) is 20.6 Å². The Labute approximate surface area is 322 Å². The van der Waals surface area contributed by atoms with Gasteiger partial charge in [0, 0.05) is 81.5 Å². The fourth-order valence-corrected chi connectivity index (χ4v) is 12.4. The molecule has 280 valence electrons. The zero-order chi connectivity index (χ0) is 36.3. The van der Waals surface area contributed by atoms with E-state index in [1.807, 2.05) is 10.8 Å². The highest BCUT2D eigenvalue weighted by molar-refractivity contribution is 7.11. The lowest BCUT2D eigenvalue weighted by molar-refractivity contribution is -0.131. The van der Waals surface area contributed by atoms with Crippen LogP contribution in [0.3, 0.4) is 0 Å². The highest BCUT2D eigenvalue weighted by Gasteiger charge is 2.54. The number of nitrogens with one attached hydrogen (secondary N) is 2. The molecule has 4 aromatic rings. The van der Waals surface area contributed by atoms with E-state index in [9.17, 15) is 9.59 Å².